The number of rotatable bonds is 8. The highest BCUT2D eigenvalue weighted by Crippen LogP contribution is 2.44. The molecule has 1 saturated carbocycles. The summed E-state index contributed by atoms with van der Waals surface area (Å²) in [7, 11) is 0. The van der Waals surface area contributed by atoms with E-state index < -0.39 is 12.1 Å². The topological polar surface area (TPSA) is 118 Å². The molecule has 8 nitrogen and oxygen atoms in total. The van der Waals surface area contributed by atoms with Crippen LogP contribution in [0.3, 0.4) is 0 Å². The van der Waals surface area contributed by atoms with Crippen molar-refractivity contribution >= 4 is 29.3 Å². The van der Waals surface area contributed by atoms with Crippen LogP contribution in [0.2, 0.25) is 0 Å². The predicted octanol–water partition coefficient (Wildman–Crippen LogP) is 3.63. The average molecular weight is 478 g/mol. The highest BCUT2D eigenvalue weighted by Gasteiger charge is 2.43. The van der Waals surface area contributed by atoms with Crippen molar-refractivity contribution in [3.63, 3.8) is 0 Å². The predicted molar refractivity (Wildman–Crippen MR) is 126 cm³/mol. The van der Waals surface area contributed by atoms with Gasteiger partial charge in [-0.2, -0.15) is 0 Å². The Morgan fingerprint density at radius 3 is 2.35 bits per heavy atom. The van der Waals surface area contributed by atoms with Crippen molar-refractivity contribution in [1.29, 1.82) is 0 Å². The number of alkyl carbamates (subject to hydrolysis) is 1. The maximum Gasteiger partial charge on any atom is 0.407 e. The van der Waals surface area contributed by atoms with Gasteiger partial charge in [0.05, 0.1) is 18.7 Å². The van der Waals surface area contributed by atoms with Crippen molar-refractivity contribution in [2.45, 2.75) is 18.9 Å². The van der Waals surface area contributed by atoms with Crippen LogP contribution in [0, 0.1) is 11.8 Å². The molecule has 2 atom stereocenters. The SMILES string of the molecule is O=C(NCc1ncc(C(=O)NC[C@H]2C[C@H]2C(=O)O)s1)OCC1c2ccccc2-c2ccccc21. The number of nitrogens with zero attached hydrogens (tertiary/aromatic N) is 1. The van der Waals surface area contributed by atoms with Crippen LogP contribution < -0.4 is 10.6 Å². The number of benzene rings is 2. The molecule has 9 heteroatoms. The third kappa shape index (κ3) is 4.51. The van der Waals surface area contributed by atoms with E-state index in [1.54, 1.807) is 0 Å². The van der Waals surface area contributed by atoms with E-state index in [0.717, 1.165) is 11.1 Å². The molecule has 0 spiro atoms. The second-order valence-corrected chi connectivity index (χ2v) is 9.56. The van der Waals surface area contributed by atoms with E-state index in [0.29, 0.717) is 22.9 Å². The van der Waals surface area contributed by atoms with Crippen molar-refractivity contribution in [3.8, 4) is 11.1 Å². The highest BCUT2D eigenvalue weighted by molar-refractivity contribution is 7.13. The van der Waals surface area contributed by atoms with Gasteiger partial charge in [-0.05, 0) is 34.6 Å². The van der Waals surface area contributed by atoms with Crippen LogP contribution in [0.1, 0.15) is 38.1 Å². The Labute approximate surface area is 200 Å². The molecule has 1 fully saturated rings. The van der Waals surface area contributed by atoms with Crippen molar-refractivity contribution in [3.05, 3.63) is 75.7 Å². The number of carbonyl (C=O) groups excluding carboxylic acids is 2. The Bertz CT molecular complexity index is 1210. The second-order valence-electron chi connectivity index (χ2n) is 8.45. The molecule has 0 aliphatic heterocycles. The number of aromatic nitrogens is 1. The van der Waals surface area contributed by atoms with Crippen LogP contribution in [-0.4, -0.2) is 41.2 Å². The normalized spacial score (nSPS) is 18.0. The fourth-order valence-corrected chi connectivity index (χ4v) is 5.15. The summed E-state index contributed by atoms with van der Waals surface area (Å²) in [5.74, 6) is -1.50. The first kappa shape index (κ1) is 22.1. The molecule has 2 aliphatic rings. The van der Waals surface area contributed by atoms with Crippen molar-refractivity contribution in [2.24, 2.45) is 11.8 Å². The van der Waals surface area contributed by atoms with Gasteiger partial charge >= 0.3 is 12.1 Å². The third-order valence-corrected chi connectivity index (χ3v) is 7.27. The molecule has 2 amide bonds. The molecule has 174 valence electrons. The summed E-state index contributed by atoms with van der Waals surface area (Å²) < 4.78 is 5.52. The standard InChI is InChI=1S/C25H23N3O5S/c29-23(27-10-14-9-19(14)24(30)31)21-11-26-22(34-21)12-28-25(32)33-13-20-17-7-3-1-5-15(17)16-6-2-4-8-18(16)20/h1-8,11,14,19-20H,9-10,12-13H2,(H,27,29)(H,28,32)(H,30,31)/t14-,19-/m1/s1. The van der Waals surface area contributed by atoms with E-state index in [1.165, 1.54) is 28.7 Å². The molecular weight excluding hydrogens is 454 g/mol. The number of aliphatic carboxylic acids is 1. The summed E-state index contributed by atoms with van der Waals surface area (Å²) in [6, 6.07) is 16.3. The van der Waals surface area contributed by atoms with Crippen molar-refractivity contribution in [1.82, 2.24) is 15.6 Å². The zero-order valence-electron chi connectivity index (χ0n) is 18.2. The van der Waals surface area contributed by atoms with Crippen LogP contribution >= 0.6 is 11.3 Å². The number of amides is 2. The number of fused-ring (bicyclic) bond motifs is 3. The first-order valence-electron chi connectivity index (χ1n) is 11.1. The lowest BCUT2D eigenvalue weighted by atomic mass is 9.98. The lowest BCUT2D eigenvalue weighted by molar-refractivity contribution is -0.138. The number of hydrogen-bond acceptors (Lipinski definition) is 6. The van der Waals surface area contributed by atoms with Crippen LogP contribution in [0.15, 0.2) is 54.7 Å². The lowest BCUT2D eigenvalue weighted by Gasteiger charge is -2.14. The Morgan fingerprint density at radius 1 is 1.03 bits per heavy atom. The highest BCUT2D eigenvalue weighted by atomic mass is 32.1. The maximum atomic E-state index is 12.3. The zero-order valence-corrected chi connectivity index (χ0v) is 19.0. The van der Waals surface area contributed by atoms with Gasteiger partial charge < -0.3 is 20.5 Å². The maximum absolute atomic E-state index is 12.3. The molecule has 0 saturated heterocycles. The number of ether oxygens (including phenoxy) is 1. The van der Waals surface area contributed by atoms with Crippen molar-refractivity contribution in [2.75, 3.05) is 13.2 Å². The van der Waals surface area contributed by atoms with E-state index in [2.05, 4.69) is 39.9 Å². The number of carboxylic acid groups (broad SMARTS) is 1. The molecule has 0 unspecified atom stereocenters. The van der Waals surface area contributed by atoms with Crippen LogP contribution in [-0.2, 0) is 16.1 Å². The third-order valence-electron chi connectivity index (χ3n) is 6.27. The minimum atomic E-state index is -0.821. The average Bonchev–Trinajstić information content (AvgIpc) is 3.36. The van der Waals surface area contributed by atoms with E-state index in [1.807, 2.05) is 24.3 Å². The molecule has 2 aliphatic carbocycles. The molecule has 34 heavy (non-hydrogen) atoms. The monoisotopic (exact) mass is 477 g/mol. The van der Waals surface area contributed by atoms with Crippen molar-refractivity contribution < 1.29 is 24.2 Å². The molecule has 1 heterocycles. The van der Waals surface area contributed by atoms with Gasteiger partial charge in [-0.25, -0.2) is 9.78 Å². The Balaban J connectivity index is 1.11. The minimum Gasteiger partial charge on any atom is -0.481 e. The van der Waals surface area contributed by atoms with Gasteiger partial charge in [0.2, 0.25) is 0 Å². The van der Waals surface area contributed by atoms with E-state index in [4.69, 9.17) is 9.84 Å². The summed E-state index contributed by atoms with van der Waals surface area (Å²) in [5.41, 5.74) is 4.63. The van der Waals surface area contributed by atoms with Gasteiger partial charge in [0, 0.05) is 12.5 Å². The Morgan fingerprint density at radius 2 is 1.71 bits per heavy atom. The first-order valence-corrected chi connectivity index (χ1v) is 11.9. The number of thiazole rings is 1. The molecule has 3 aromatic rings. The van der Waals surface area contributed by atoms with E-state index in [9.17, 15) is 14.4 Å². The smallest absolute Gasteiger partial charge is 0.407 e. The fourth-order valence-electron chi connectivity index (χ4n) is 4.38. The second kappa shape index (κ2) is 9.26. The quantitative estimate of drug-likeness (QED) is 0.456. The largest absolute Gasteiger partial charge is 0.481 e. The van der Waals surface area contributed by atoms with Gasteiger partial charge in [0.25, 0.3) is 5.91 Å². The van der Waals surface area contributed by atoms with Gasteiger partial charge in [-0.1, -0.05) is 48.5 Å². The number of carbonyl (C=O) groups is 3. The molecule has 0 bridgehead atoms. The molecule has 0 radical (unpaired) electrons. The van der Waals surface area contributed by atoms with Gasteiger partial charge in [-0.15, -0.1) is 11.3 Å². The summed E-state index contributed by atoms with van der Waals surface area (Å²) in [6.07, 6.45) is 1.50. The summed E-state index contributed by atoms with van der Waals surface area (Å²) in [6.45, 7) is 0.712. The van der Waals surface area contributed by atoms with Crippen LogP contribution in [0.4, 0.5) is 4.79 Å². The summed E-state index contributed by atoms with van der Waals surface area (Å²) >= 11 is 1.18. The molecule has 5 rings (SSSR count). The fraction of sp³-hybridized carbons (Fsp3) is 0.280. The van der Waals surface area contributed by atoms with E-state index in [-0.39, 0.29) is 36.8 Å². The van der Waals surface area contributed by atoms with Gasteiger partial charge in [-0.3, -0.25) is 9.59 Å². The van der Waals surface area contributed by atoms with Gasteiger partial charge in [0.1, 0.15) is 16.5 Å². The minimum absolute atomic E-state index is 0.0101. The Kier molecular flexibility index (Phi) is 6.02. The number of carboxylic acids is 1. The first-order chi connectivity index (χ1) is 16.5. The van der Waals surface area contributed by atoms with E-state index >= 15 is 0 Å². The summed E-state index contributed by atoms with van der Waals surface area (Å²) in [5, 5.41) is 15.0. The molecule has 3 N–H and O–H groups in total. The molecular formula is C25H23N3O5S. The lowest BCUT2D eigenvalue weighted by Crippen LogP contribution is -2.26. The van der Waals surface area contributed by atoms with Crippen LogP contribution in [0.25, 0.3) is 11.1 Å². The zero-order chi connectivity index (χ0) is 23.7. The molecule has 2 aromatic carbocycles. The summed E-state index contributed by atoms with van der Waals surface area (Å²) in [4.78, 5) is 40.1. The number of hydrogen-bond donors (Lipinski definition) is 3. The molecule has 1 aromatic heterocycles. The Hall–Kier alpha value is -3.72. The van der Waals surface area contributed by atoms with Crippen LogP contribution in [0.5, 0.6) is 0 Å². The van der Waals surface area contributed by atoms with Gasteiger partial charge in [0.15, 0.2) is 0 Å². The number of nitrogens with one attached hydrogen (secondary N) is 2.